The largest absolute Gasteiger partial charge is 0.477 e. The van der Waals surface area contributed by atoms with Crippen LogP contribution in [0.4, 0.5) is 5.69 Å². The zero-order chi connectivity index (χ0) is 17.7. The number of benzene rings is 1. The normalized spacial score (nSPS) is 11.3. The number of nitrogens with zero attached hydrogens (tertiary/aromatic N) is 2. The molecule has 0 spiro atoms. The summed E-state index contributed by atoms with van der Waals surface area (Å²) in [5.41, 5.74) is 9.05. The van der Waals surface area contributed by atoms with Crippen LogP contribution in [0.15, 0.2) is 30.3 Å². The number of aromatic nitrogens is 1. The van der Waals surface area contributed by atoms with Gasteiger partial charge >= 0.3 is 0 Å². The lowest BCUT2D eigenvalue weighted by molar-refractivity contribution is 0.00485. The van der Waals surface area contributed by atoms with Gasteiger partial charge in [-0.1, -0.05) is 29.8 Å². The van der Waals surface area contributed by atoms with Crippen molar-refractivity contribution in [3.05, 3.63) is 47.2 Å². The van der Waals surface area contributed by atoms with E-state index < -0.39 is 0 Å². The van der Waals surface area contributed by atoms with Crippen molar-refractivity contribution in [1.29, 1.82) is 5.26 Å². The van der Waals surface area contributed by atoms with Crippen LogP contribution in [0.2, 0.25) is 0 Å². The molecule has 5 heteroatoms. The average molecular weight is 327 g/mol. The van der Waals surface area contributed by atoms with Crippen LogP contribution >= 0.6 is 0 Å². The van der Waals surface area contributed by atoms with Crippen LogP contribution in [0.25, 0.3) is 0 Å². The number of anilines is 1. The number of nitriles is 1. The summed E-state index contributed by atoms with van der Waals surface area (Å²) in [6.07, 6.45) is 0.723. The van der Waals surface area contributed by atoms with Crippen LogP contribution in [0, 0.1) is 18.3 Å². The second-order valence-electron chi connectivity index (χ2n) is 6.54. The lowest BCUT2D eigenvalue weighted by atomic mass is 10.1. The van der Waals surface area contributed by atoms with Crippen molar-refractivity contribution in [2.75, 3.05) is 19.5 Å². The van der Waals surface area contributed by atoms with Gasteiger partial charge in [0.25, 0.3) is 0 Å². The molecule has 5 nitrogen and oxygen atoms in total. The molecule has 0 fully saturated rings. The maximum atomic E-state index is 9.38. The predicted molar refractivity (Wildman–Crippen MR) is 95.0 cm³/mol. The highest BCUT2D eigenvalue weighted by molar-refractivity contribution is 5.55. The van der Waals surface area contributed by atoms with Crippen molar-refractivity contribution in [2.45, 2.75) is 39.3 Å². The Balaban J connectivity index is 2.22. The summed E-state index contributed by atoms with van der Waals surface area (Å²) in [7, 11) is 1.68. The van der Waals surface area contributed by atoms with E-state index in [1.165, 1.54) is 5.56 Å². The van der Waals surface area contributed by atoms with E-state index in [0.717, 1.165) is 12.0 Å². The third kappa shape index (κ3) is 4.30. The van der Waals surface area contributed by atoms with Crippen LogP contribution in [0.5, 0.6) is 5.88 Å². The molecule has 0 unspecified atom stereocenters. The van der Waals surface area contributed by atoms with E-state index in [4.69, 9.17) is 15.2 Å². The fourth-order valence-corrected chi connectivity index (χ4v) is 2.45. The quantitative estimate of drug-likeness (QED) is 0.845. The topological polar surface area (TPSA) is 73.2 Å². The molecule has 2 rings (SSSR count). The lowest BCUT2D eigenvalue weighted by Crippen LogP contribution is -2.25. The maximum absolute atomic E-state index is 9.38. The number of nitrogens with two attached hydrogens (primary N) is 1. The first-order valence-electron chi connectivity index (χ1n) is 7.99. The molecule has 0 saturated carbocycles. The number of aryl methyl sites for hydroxylation is 1. The summed E-state index contributed by atoms with van der Waals surface area (Å²) >= 11 is 0. The van der Waals surface area contributed by atoms with Gasteiger partial charge in [-0.15, -0.1) is 0 Å². The molecule has 0 aliphatic heterocycles. The van der Waals surface area contributed by atoms with E-state index in [2.05, 4.69) is 12.1 Å². The fraction of sp³-hybridized carbons (Fsp3) is 0.421. The highest BCUT2D eigenvalue weighted by atomic mass is 16.5. The molecule has 0 atom stereocenters. The minimum atomic E-state index is -0.263. The van der Waals surface area contributed by atoms with Crippen LogP contribution < -0.4 is 10.5 Å². The van der Waals surface area contributed by atoms with Crippen LogP contribution in [-0.4, -0.2) is 23.9 Å². The number of ether oxygens (including phenoxy) is 2. The van der Waals surface area contributed by atoms with Crippen LogP contribution in [0.1, 0.15) is 37.1 Å². The second kappa shape index (κ2) is 7.41. The molecule has 0 saturated heterocycles. The van der Waals surface area contributed by atoms with Gasteiger partial charge < -0.3 is 15.2 Å². The molecule has 128 valence electrons. The van der Waals surface area contributed by atoms with Crippen molar-refractivity contribution >= 4 is 5.69 Å². The minimum Gasteiger partial charge on any atom is -0.477 e. The molecule has 0 bridgehead atoms. The van der Waals surface area contributed by atoms with Crippen molar-refractivity contribution < 1.29 is 9.47 Å². The molecular formula is C19H25N3O2. The van der Waals surface area contributed by atoms with Gasteiger partial charge in [0, 0.05) is 19.6 Å². The number of hydrogen-bond acceptors (Lipinski definition) is 4. The molecule has 0 aliphatic carbocycles. The number of rotatable bonds is 7. The second-order valence-corrected chi connectivity index (χ2v) is 6.54. The molecule has 2 N–H and O–H groups in total. The summed E-state index contributed by atoms with van der Waals surface area (Å²) in [4.78, 5) is 0. The van der Waals surface area contributed by atoms with Crippen molar-refractivity contribution in [1.82, 2.24) is 4.57 Å². The highest BCUT2D eigenvalue weighted by Gasteiger charge is 2.19. The Morgan fingerprint density at radius 1 is 1.29 bits per heavy atom. The van der Waals surface area contributed by atoms with E-state index in [1.807, 2.05) is 43.5 Å². The Morgan fingerprint density at radius 3 is 2.67 bits per heavy atom. The van der Waals surface area contributed by atoms with E-state index in [9.17, 15) is 5.26 Å². The first-order valence-corrected chi connectivity index (χ1v) is 7.99. The van der Waals surface area contributed by atoms with Gasteiger partial charge in [-0.2, -0.15) is 5.26 Å². The summed E-state index contributed by atoms with van der Waals surface area (Å²) in [6, 6.07) is 12.0. The van der Waals surface area contributed by atoms with E-state index in [0.29, 0.717) is 30.4 Å². The molecule has 1 heterocycles. The molecule has 0 aliphatic rings. The molecule has 24 heavy (non-hydrogen) atoms. The first kappa shape index (κ1) is 17.9. The Kier molecular flexibility index (Phi) is 5.53. The monoisotopic (exact) mass is 327 g/mol. The van der Waals surface area contributed by atoms with Gasteiger partial charge in [0.15, 0.2) is 0 Å². The molecule has 0 radical (unpaired) electrons. The van der Waals surface area contributed by atoms with Gasteiger partial charge in [0.2, 0.25) is 5.88 Å². The summed E-state index contributed by atoms with van der Waals surface area (Å²) in [5.74, 6) is 0.542. The number of methoxy groups -OCH3 is 1. The first-order chi connectivity index (χ1) is 11.4. The summed E-state index contributed by atoms with van der Waals surface area (Å²) in [5, 5.41) is 9.38. The molecule has 1 aromatic heterocycles. The Bertz CT molecular complexity index is 742. The average Bonchev–Trinajstić information content (AvgIpc) is 2.83. The zero-order valence-corrected chi connectivity index (χ0v) is 14.8. The van der Waals surface area contributed by atoms with Crippen LogP contribution in [-0.2, 0) is 11.3 Å². The molecular weight excluding hydrogens is 302 g/mol. The Hall–Kier alpha value is -2.45. The highest BCUT2D eigenvalue weighted by Crippen LogP contribution is 2.28. The fourth-order valence-electron chi connectivity index (χ4n) is 2.45. The predicted octanol–water partition coefficient (Wildman–Crippen LogP) is 3.49. The van der Waals surface area contributed by atoms with Crippen molar-refractivity contribution in [2.24, 2.45) is 0 Å². The molecule has 1 aromatic carbocycles. The smallest absolute Gasteiger partial charge is 0.218 e. The van der Waals surface area contributed by atoms with Crippen molar-refractivity contribution in [3.63, 3.8) is 0 Å². The van der Waals surface area contributed by atoms with Gasteiger partial charge in [0.1, 0.15) is 11.8 Å². The lowest BCUT2D eigenvalue weighted by Gasteiger charge is -2.23. The zero-order valence-electron chi connectivity index (χ0n) is 14.8. The third-order valence-electron chi connectivity index (χ3n) is 4.11. The third-order valence-corrected chi connectivity index (χ3v) is 4.11. The van der Waals surface area contributed by atoms with Gasteiger partial charge in [-0.05, 0) is 26.3 Å². The number of hydrogen-bond donors (Lipinski definition) is 1. The van der Waals surface area contributed by atoms with E-state index >= 15 is 0 Å². The van der Waals surface area contributed by atoms with Gasteiger partial charge in [-0.25, -0.2) is 0 Å². The number of nitrogen functional groups attached to an aromatic ring is 1. The van der Waals surface area contributed by atoms with E-state index in [-0.39, 0.29) is 5.60 Å². The summed E-state index contributed by atoms with van der Waals surface area (Å²) < 4.78 is 13.1. The SMILES string of the molecule is COC(C)(C)CCOc1c(N)cc(C#N)n1Cc1cccc(C)c1. The molecule has 2 aromatic rings. The summed E-state index contributed by atoms with van der Waals surface area (Å²) in [6.45, 7) is 7.07. The molecule has 0 amide bonds. The Morgan fingerprint density at radius 2 is 2.04 bits per heavy atom. The van der Waals surface area contributed by atoms with Gasteiger partial charge in [0.05, 0.1) is 24.4 Å². The van der Waals surface area contributed by atoms with Gasteiger partial charge in [-0.3, -0.25) is 4.57 Å². The Labute approximate surface area is 143 Å². The van der Waals surface area contributed by atoms with E-state index in [1.54, 1.807) is 13.2 Å². The minimum absolute atomic E-state index is 0.263. The standard InChI is InChI=1S/C19H25N3O2/c1-14-6-5-7-15(10-14)13-22-16(12-20)11-17(21)18(22)24-9-8-19(2,3)23-4/h5-7,10-11H,8-9,13,21H2,1-4H3. The van der Waals surface area contributed by atoms with Crippen molar-refractivity contribution in [3.8, 4) is 11.9 Å². The van der Waals surface area contributed by atoms with Crippen LogP contribution in [0.3, 0.4) is 0 Å². The maximum Gasteiger partial charge on any atom is 0.218 e.